The van der Waals surface area contributed by atoms with E-state index in [-0.39, 0.29) is 12.1 Å². The summed E-state index contributed by atoms with van der Waals surface area (Å²) in [7, 11) is 0. The zero-order valence-electron chi connectivity index (χ0n) is 9.41. The number of anilines is 1. The molecule has 0 aromatic carbocycles. The maximum Gasteiger partial charge on any atom is 0.433 e. The van der Waals surface area contributed by atoms with E-state index in [0.717, 1.165) is 12.3 Å². The van der Waals surface area contributed by atoms with E-state index in [0.29, 0.717) is 26.4 Å². The van der Waals surface area contributed by atoms with Crippen molar-refractivity contribution in [2.45, 2.75) is 12.3 Å². The quantitative estimate of drug-likeness (QED) is 0.891. The number of aromatic nitrogens is 2. The third-order valence-corrected chi connectivity index (χ3v) is 2.32. The number of hydrogen-bond donors (Lipinski definition) is 1. The maximum absolute atomic E-state index is 12.4. The van der Waals surface area contributed by atoms with Gasteiger partial charge in [0, 0.05) is 12.7 Å². The monoisotopic (exact) mass is 263 g/mol. The van der Waals surface area contributed by atoms with Gasteiger partial charge in [0.15, 0.2) is 0 Å². The fourth-order valence-electron chi connectivity index (χ4n) is 1.46. The highest BCUT2D eigenvalue weighted by Gasteiger charge is 2.32. The second-order valence-electron chi connectivity index (χ2n) is 3.71. The molecule has 1 aromatic rings. The molecule has 1 saturated heterocycles. The average Bonchev–Trinajstić information content (AvgIpc) is 2.37. The minimum atomic E-state index is -4.47. The zero-order valence-corrected chi connectivity index (χ0v) is 9.41. The van der Waals surface area contributed by atoms with E-state index in [2.05, 4.69) is 15.3 Å². The topological polar surface area (TPSA) is 56.3 Å². The number of alkyl halides is 3. The molecular weight excluding hydrogens is 251 g/mol. The molecule has 0 spiro atoms. The highest BCUT2D eigenvalue weighted by Crippen LogP contribution is 2.27. The van der Waals surface area contributed by atoms with Crippen LogP contribution < -0.4 is 5.32 Å². The fourth-order valence-corrected chi connectivity index (χ4v) is 1.46. The summed E-state index contributed by atoms with van der Waals surface area (Å²) < 4.78 is 47.7. The number of nitrogens with one attached hydrogen (secondary N) is 1. The summed E-state index contributed by atoms with van der Waals surface area (Å²) in [6.45, 7) is 1.74. The molecule has 0 saturated carbocycles. The van der Waals surface area contributed by atoms with Gasteiger partial charge in [-0.15, -0.1) is 0 Å². The number of hydrogen-bond acceptors (Lipinski definition) is 5. The van der Waals surface area contributed by atoms with Crippen LogP contribution in [0.5, 0.6) is 0 Å². The van der Waals surface area contributed by atoms with Gasteiger partial charge in [-0.3, -0.25) is 0 Å². The van der Waals surface area contributed by atoms with Crippen molar-refractivity contribution in [1.82, 2.24) is 9.97 Å². The second kappa shape index (κ2) is 5.49. The van der Waals surface area contributed by atoms with E-state index in [9.17, 15) is 13.2 Å². The zero-order chi connectivity index (χ0) is 13.0. The van der Waals surface area contributed by atoms with Crippen molar-refractivity contribution in [1.29, 1.82) is 0 Å². The van der Waals surface area contributed by atoms with Gasteiger partial charge in [0.25, 0.3) is 0 Å². The first-order chi connectivity index (χ1) is 8.55. The first kappa shape index (κ1) is 13.0. The molecule has 18 heavy (non-hydrogen) atoms. The van der Waals surface area contributed by atoms with Crippen molar-refractivity contribution >= 4 is 5.95 Å². The van der Waals surface area contributed by atoms with Gasteiger partial charge in [-0.2, -0.15) is 13.2 Å². The molecule has 2 heterocycles. The van der Waals surface area contributed by atoms with Crippen LogP contribution in [-0.4, -0.2) is 42.4 Å². The average molecular weight is 263 g/mol. The number of rotatable bonds is 3. The fraction of sp³-hybridized carbons (Fsp3) is 0.600. The Morgan fingerprint density at radius 3 is 2.89 bits per heavy atom. The molecule has 5 nitrogen and oxygen atoms in total. The predicted molar refractivity (Wildman–Crippen MR) is 56.1 cm³/mol. The van der Waals surface area contributed by atoms with Crippen LogP contribution in [0.2, 0.25) is 0 Å². The van der Waals surface area contributed by atoms with Crippen LogP contribution in [0.3, 0.4) is 0 Å². The molecule has 8 heteroatoms. The van der Waals surface area contributed by atoms with E-state index < -0.39 is 11.9 Å². The van der Waals surface area contributed by atoms with Crippen LogP contribution in [0.1, 0.15) is 5.69 Å². The van der Waals surface area contributed by atoms with E-state index >= 15 is 0 Å². The molecule has 2 rings (SSSR count). The molecule has 0 bridgehead atoms. The van der Waals surface area contributed by atoms with Gasteiger partial charge in [0.05, 0.1) is 25.9 Å². The van der Waals surface area contributed by atoms with E-state index in [1.54, 1.807) is 0 Å². The van der Waals surface area contributed by atoms with Gasteiger partial charge in [0.2, 0.25) is 5.95 Å². The molecule has 1 atom stereocenters. The first-order valence-corrected chi connectivity index (χ1v) is 5.39. The maximum atomic E-state index is 12.4. The van der Waals surface area contributed by atoms with Crippen LogP contribution in [0.15, 0.2) is 12.3 Å². The molecule has 0 radical (unpaired) electrons. The van der Waals surface area contributed by atoms with Crippen LogP contribution >= 0.6 is 0 Å². The molecule has 1 unspecified atom stereocenters. The Morgan fingerprint density at radius 1 is 1.39 bits per heavy atom. The van der Waals surface area contributed by atoms with Crippen molar-refractivity contribution in [3.8, 4) is 0 Å². The van der Waals surface area contributed by atoms with Crippen LogP contribution in [0.4, 0.5) is 19.1 Å². The summed E-state index contributed by atoms with van der Waals surface area (Å²) in [4.78, 5) is 7.10. The summed E-state index contributed by atoms with van der Waals surface area (Å²) in [5.41, 5.74) is -0.971. The molecule has 100 valence electrons. The molecule has 1 aromatic heterocycles. The van der Waals surface area contributed by atoms with E-state index in [1.807, 2.05) is 0 Å². The predicted octanol–water partition coefficient (Wildman–Crippen LogP) is 1.32. The Balaban J connectivity index is 1.92. The normalized spacial score (nSPS) is 20.7. The summed E-state index contributed by atoms with van der Waals surface area (Å²) >= 11 is 0. The van der Waals surface area contributed by atoms with E-state index in [1.165, 1.54) is 0 Å². The smallest absolute Gasteiger partial charge is 0.376 e. The minimum absolute atomic E-state index is 0.0704. The molecule has 1 aliphatic rings. The van der Waals surface area contributed by atoms with Gasteiger partial charge >= 0.3 is 6.18 Å². The van der Waals surface area contributed by atoms with Crippen molar-refractivity contribution in [3.63, 3.8) is 0 Å². The Bertz CT molecular complexity index is 394. The standard InChI is InChI=1S/C10H12F3N3O2/c11-10(12,13)8-1-2-14-9(16-8)15-5-7-6-17-3-4-18-7/h1-2,7H,3-6H2,(H,14,15,16). The Hall–Kier alpha value is -1.41. The van der Waals surface area contributed by atoms with Gasteiger partial charge in [0.1, 0.15) is 5.69 Å². The SMILES string of the molecule is FC(F)(F)c1ccnc(NCC2COCCO2)n1. The molecular formula is C10H12F3N3O2. The number of halogens is 3. The van der Waals surface area contributed by atoms with Crippen LogP contribution in [-0.2, 0) is 15.7 Å². The lowest BCUT2D eigenvalue weighted by Crippen LogP contribution is -2.34. The van der Waals surface area contributed by atoms with Crippen molar-refractivity contribution in [2.75, 3.05) is 31.7 Å². The lowest BCUT2D eigenvalue weighted by Gasteiger charge is -2.23. The van der Waals surface area contributed by atoms with Gasteiger partial charge < -0.3 is 14.8 Å². The van der Waals surface area contributed by atoms with E-state index in [4.69, 9.17) is 9.47 Å². The van der Waals surface area contributed by atoms with Crippen molar-refractivity contribution in [3.05, 3.63) is 18.0 Å². The highest BCUT2D eigenvalue weighted by molar-refractivity contribution is 5.26. The molecule has 0 aliphatic carbocycles. The Labute approximate surface area is 101 Å². The van der Waals surface area contributed by atoms with Gasteiger partial charge in [-0.25, -0.2) is 9.97 Å². The Kier molecular flexibility index (Phi) is 3.97. The highest BCUT2D eigenvalue weighted by atomic mass is 19.4. The summed E-state index contributed by atoms with van der Waals surface area (Å²) in [5.74, 6) is -0.0704. The molecule has 1 aliphatic heterocycles. The Morgan fingerprint density at radius 2 is 2.22 bits per heavy atom. The van der Waals surface area contributed by atoms with Crippen LogP contribution in [0.25, 0.3) is 0 Å². The lowest BCUT2D eigenvalue weighted by molar-refractivity contribution is -0.141. The van der Waals surface area contributed by atoms with Gasteiger partial charge in [-0.1, -0.05) is 0 Å². The second-order valence-corrected chi connectivity index (χ2v) is 3.71. The van der Waals surface area contributed by atoms with Crippen molar-refractivity contribution in [2.24, 2.45) is 0 Å². The minimum Gasteiger partial charge on any atom is -0.376 e. The third-order valence-electron chi connectivity index (χ3n) is 2.32. The number of ether oxygens (including phenoxy) is 2. The molecule has 0 amide bonds. The largest absolute Gasteiger partial charge is 0.433 e. The lowest BCUT2D eigenvalue weighted by atomic mass is 10.3. The third kappa shape index (κ3) is 3.54. The van der Waals surface area contributed by atoms with Crippen LogP contribution in [0, 0.1) is 0 Å². The molecule has 1 fully saturated rings. The summed E-state index contributed by atoms with van der Waals surface area (Å²) in [5, 5.41) is 2.70. The van der Waals surface area contributed by atoms with Crippen molar-refractivity contribution < 1.29 is 22.6 Å². The molecule has 1 N–H and O–H groups in total. The van der Waals surface area contributed by atoms with Gasteiger partial charge in [-0.05, 0) is 6.07 Å². The first-order valence-electron chi connectivity index (χ1n) is 5.39. The summed E-state index contributed by atoms with van der Waals surface area (Å²) in [6, 6.07) is 0.825. The summed E-state index contributed by atoms with van der Waals surface area (Å²) in [6.07, 6.45) is -3.60. The number of nitrogens with zero attached hydrogens (tertiary/aromatic N) is 2.